The number of nitrogens with zero attached hydrogens (tertiary/aromatic N) is 1. The van der Waals surface area contributed by atoms with E-state index < -0.39 is 0 Å². The van der Waals surface area contributed by atoms with E-state index in [-0.39, 0.29) is 5.78 Å². The number of carbonyl (C=O) groups excluding carboxylic acids is 1. The van der Waals surface area contributed by atoms with Crippen LogP contribution >= 0.6 is 0 Å². The molecular weight excluding hydrogens is 274 g/mol. The molecule has 0 bridgehead atoms. The molecule has 3 nitrogen and oxygen atoms in total. The maximum atomic E-state index is 12.3. The molecule has 0 aliphatic rings. The highest BCUT2D eigenvalue weighted by atomic mass is 16.5. The van der Waals surface area contributed by atoms with Crippen molar-refractivity contribution < 1.29 is 9.53 Å². The summed E-state index contributed by atoms with van der Waals surface area (Å²) in [5, 5.41) is 2.07. The highest BCUT2D eigenvalue weighted by molar-refractivity contribution is 6.08. The Morgan fingerprint density at radius 2 is 1.73 bits per heavy atom. The lowest BCUT2D eigenvalue weighted by Crippen LogP contribution is -1.94. The van der Waals surface area contributed by atoms with E-state index in [1.807, 2.05) is 48.5 Å². The maximum Gasteiger partial charge on any atom is 0.185 e. The van der Waals surface area contributed by atoms with E-state index in [0.29, 0.717) is 5.56 Å². The normalized spacial score (nSPS) is 11.0. The van der Waals surface area contributed by atoms with Crippen LogP contribution in [0.15, 0.2) is 67.0 Å². The van der Waals surface area contributed by atoms with Crippen molar-refractivity contribution in [3.05, 3.63) is 78.1 Å². The number of ether oxygens (including phenoxy) is 1. The Morgan fingerprint density at radius 3 is 2.50 bits per heavy atom. The van der Waals surface area contributed by atoms with E-state index in [2.05, 4.69) is 4.98 Å². The van der Waals surface area contributed by atoms with Gasteiger partial charge >= 0.3 is 0 Å². The molecule has 22 heavy (non-hydrogen) atoms. The van der Waals surface area contributed by atoms with Crippen LogP contribution in [-0.4, -0.2) is 17.9 Å². The number of allylic oxidation sites excluding steroid dienone is 1. The lowest BCUT2D eigenvalue weighted by Gasteiger charge is -2.04. The molecule has 1 heterocycles. The van der Waals surface area contributed by atoms with Gasteiger partial charge in [-0.05, 0) is 52.7 Å². The fourth-order valence-electron chi connectivity index (χ4n) is 2.25. The molecule has 0 N–H and O–H groups in total. The number of fused-ring (bicyclic) bond motifs is 1. The monoisotopic (exact) mass is 289 g/mol. The Hall–Kier alpha value is -2.94. The minimum absolute atomic E-state index is 0.0190. The Balaban J connectivity index is 1.86. The van der Waals surface area contributed by atoms with Gasteiger partial charge in [0.05, 0.1) is 7.11 Å². The van der Waals surface area contributed by atoms with Crippen LogP contribution in [0.25, 0.3) is 16.8 Å². The van der Waals surface area contributed by atoms with Gasteiger partial charge in [0.1, 0.15) is 5.75 Å². The van der Waals surface area contributed by atoms with Gasteiger partial charge in [0, 0.05) is 18.0 Å². The number of pyridine rings is 1. The van der Waals surface area contributed by atoms with Gasteiger partial charge < -0.3 is 4.74 Å². The average molecular weight is 289 g/mol. The fourth-order valence-corrected chi connectivity index (χ4v) is 2.25. The molecule has 0 unspecified atom stereocenters. The molecule has 2 aromatic carbocycles. The molecule has 0 atom stereocenters. The zero-order valence-electron chi connectivity index (χ0n) is 12.2. The first-order valence-corrected chi connectivity index (χ1v) is 6.96. The van der Waals surface area contributed by atoms with Crippen molar-refractivity contribution in [3.63, 3.8) is 0 Å². The summed E-state index contributed by atoms with van der Waals surface area (Å²) < 4.78 is 5.20. The first-order valence-electron chi connectivity index (χ1n) is 6.96. The second kappa shape index (κ2) is 6.22. The Labute approximate surface area is 128 Å². The zero-order valence-corrected chi connectivity index (χ0v) is 12.2. The van der Waals surface area contributed by atoms with Crippen molar-refractivity contribution in [3.8, 4) is 5.75 Å². The number of carbonyl (C=O) groups is 1. The van der Waals surface area contributed by atoms with Crippen LogP contribution in [0.3, 0.4) is 0 Å². The van der Waals surface area contributed by atoms with Crippen LogP contribution in [0, 0.1) is 0 Å². The molecule has 0 radical (unpaired) electrons. The van der Waals surface area contributed by atoms with Crippen LogP contribution in [0.5, 0.6) is 5.75 Å². The molecule has 0 aliphatic heterocycles. The second-order valence-electron chi connectivity index (χ2n) is 4.91. The molecule has 1 aromatic heterocycles. The topological polar surface area (TPSA) is 39.2 Å². The van der Waals surface area contributed by atoms with E-state index in [1.165, 1.54) is 0 Å². The quantitative estimate of drug-likeness (QED) is 0.535. The minimum atomic E-state index is -0.0190. The molecule has 0 amide bonds. The van der Waals surface area contributed by atoms with Gasteiger partial charge in [-0.2, -0.15) is 0 Å². The fraction of sp³-hybridized carbons (Fsp3) is 0.0526. The molecule has 0 saturated carbocycles. The van der Waals surface area contributed by atoms with Gasteiger partial charge in [-0.1, -0.05) is 24.3 Å². The van der Waals surface area contributed by atoms with Gasteiger partial charge in [-0.3, -0.25) is 9.78 Å². The zero-order chi connectivity index (χ0) is 15.4. The molecule has 3 rings (SSSR count). The van der Waals surface area contributed by atoms with Crippen LogP contribution in [-0.2, 0) is 0 Å². The number of hydrogen-bond donors (Lipinski definition) is 0. The summed E-state index contributed by atoms with van der Waals surface area (Å²) in [4.78, 5) is 16.2. The van der Waals surface area contributed by atoms with E-state index in [1.54, 1.807) is 31.7 Å². The Morgan fingerprint density at radius 1 is 1.00 bits per heavy atom. The van der Waals surface area contributed by atoms with E-state index in [0.717, 1.165) is 22.1 Å². The molecule has 0 fully saturated rings. The average Bonchev–Trinajstić information content (AvgIpc) is 2.59. The molecule has 108 valence electrons. The lowest BCUT2D eigenvalue weighted by molar-refractivity contribution is 0.104. The molecule has 0 spiro atoms. The third-order valence-corrected chi connectivity index (χ3v) is 3.47. The van der Waals surface area contributed by atoms with E-state index in [4.69, 9.17) is 4.74 Å². The number of ketones is 1. The lowest BCUT2D eigenvalue weighted by atomic mass is 10.0. The third-order valence-electron chi connectivity index (χ3n) is 3.47. The summed E-state index contributed by atoms with van der Waals surface area (Å²) in [6.07, 6.45) is 6.78. The van der Waals surface area contributed by atoms with Crippen molar-refractivity contribution >= 4 is 22.6 Å². The molecular formula is C19H15NO2. The predicted molar refractivity (Wildman–Crippen MR) is 88.1 cm³/mol. The van der Waals surface area contributed by atoms with Crippen molar-refractivity contribution in [1.82, 2.24) is 4.98 Å². The van der Waals surface area contributed by atoms with Crippen molar-refractivity contribution in [2.45, 2.75) is 0 Å². The number of rotatable bonds is 4. The summed E-state index contributed by atoms with van der Waals surface area (Å²) in [7, 11) is 1.64. The van der Waals surface area contributed by atoms with Crippen molar-refractivity contribution in [2.75, 3.05) is 7.11 Å². The first-order chi connectivity index (χ1) is 10.8. The summed E-state index contributed by atoms with van der Waals surface area (Å²) in [6, 6.07) is 15.2. The minimum Gasteiger partial charge on any atom is -0.497 e. The third kappa shape index (κ3) is 3.04. The summed E-state index contributed by atoms with van der Waals surface area (Å²) in [6.45, 7) is 0. The van der Waals surface area contributed by atoms with Gasteiger partial charge in [0.2, 0.25) is 0 Å². The van der Waals surface area contributed by atoms with E-state index in [9.17, 15) is 4.79 Å². The largest absolute Gasteiger partial charge is 0.497 e. The van der Waals surface area contributed by atoms with Gasteiger partial charge in [0.15, 0.2) is 5.78 Å². The number of hydrogen-bond acceptors (Lipinski definition) is 3. The van der Waals surface area contributed by atoms with Gasteiger partial charge in [-0.25, -0.2) is 0 Å². The van der Waals surface area contributed by atoms with Gasteiger partial charge in [-0.15, -0.1) is 0 Å². The SMILES string of the molecule is COc1ccc2cc(C(=O)C=Cc3ccncc3)ccc2c1. The molecule has 3 heteroatoms. The highest BCUT2D eigenvalue weighted by Gasteiger charge is 2.04. The van der Waals surface area contributed by atoms with Crippen LogP contribution in [0.4, 0.5) is 0 Å². The number of aromatic nitrogens is 1. The number of methoxy groups -OCH3 is 1. The van der Waals surface area contributed by atoms with Crippen LogP contribution < -0.4 is 4.74 Å². The second-order valence-corrected chi connectivity index (χ2v) is 4.91. The Bertz CT molecular complexity index is 838. The Kier molecular flexibility index (Phi) is 3.97. The van der Waals surface area contributed by atoms with Crippen molar-refractivity contribution in [1.29, 1.82) is 0 Å². The van der Waals surface area contributed by atoms with Crippen LogP contribution in [0.2, 0.25) is 0 Å². The molecule has 0 aliphatic carbocycles. The van der Waals surface area contributed by atoms with Crippen molar-refractivity contribution in [2.24, 2.45) is 0 Å². The smallest absolute Gasteiger partial charge is 0.185 e. The summed E-state index contributed by atoms with van der Waals surface area (Å²) in [5.74, 6) is 0.790. The summed E-state index contributed by atoms with van der Waals surface area (Å²) in [5.41, 5.74) is 1.62. The summed E-state index contributed by atoms with van der Waals surface area (Å²) >= 11 is 0. The first kappa shape index (κ1) is 14.0. The van der Waals surface area contributed by atoms with Gasteiger partial charge in [0.25, 0.3) is 0 Å². The van der Waals surface area contributed by atoms with E-state index >= 15 is 0 Å². The predicted octanol–water partition coefficient (Wildman–Crippen LogP) is 4.14. The standard InChI is InChI=1S/C19H15NO2/c1-22-18-6-5-15-12-17(4-3-16(15)13-18)19(21)7-2-14-8-10-20-11-9-14/h2-13H,1H3. The molecule has 3 aromatic rings. The van der Waals surface area contributed by atoms with Crippen LogP contribution in [0.1, 0.15) is 15.9 Å². The highest BCUT2D eigenvalue weighted by Crippen LogP contribution is 2.22. The maximum absolute atomic E-state index is 12.3. The molecule has 0 saturated heterocycles. The number of benzene rings is 2.